The van der Waals surface area contributed by atoms with E-state index >= 15 is 0 Å². The molecule has 1 aliphatic rings. The van der Waals surface area contributed by atoms with Crippen LogP contribution < -0.4 is 15.0 Å². The summed E-state index contributed by atoms with van der Waals surface area (Å²) in [6.45, 7) is 5.64. The van der Waals surface area contributed by atoms with Gasteiger partial charge in [-0.25, -0.2) is 0 Å². The Morgan fingerprint density at radius 2 is 1.89 bits per heavy atom. The van der Waals surface area contributed by atoms with Crippen LogP contribution in [0.5, 0.6) is 5.75 Å². The molecule has 0 aromatic heterocycles. The molecule has 2 amide bonds. The molecule has 1 aliphatic heterocycles. The Kier molecular flexibility index (Phi) is 5.46. The maximum absolute atomic E-state index is 12.5. The highest BCUT2D eigenvalue weighted by Gasteiger charge is 2.34. The minimum absolute atomic E-state index is 0.0290. The summed E-state index contributed by atoms with van der Waals surface area (Å²) in [6.07, 6.45) is 0. The molecular formula is C21H24N2O3S. The Morgan fingerprint density at radius 3 is 2.52 bits per heavy atom. The van der Waals surface area contributed by atoms with Gasteiger partial charge < -0.3 is 10.1 Å². The molecule has 0 radical (unpaired) electrons. The van der Waals surface area contributed by atoms with Crippen LogP contribution in [0.15, 0.2) is 48.5 Å². The second-order valence-electron chi connectivity index (χ2n) is 7.45. The average Bonchev–Trinajstić information content (AvgIpc) is 3.03. The number of hydrogen-bond acceptors (Lipinski definition) is 4. The van der Waals surface area contributed by atoms with Gasteiger partial charge in [-0.2, -0.15) is 0 Å². The molecule has 1 heterocycles. The Bertz CT molecular complexity index is 843. The van der Waals surface area contributed by atoms with Crippen molar-refractivity contribution in [3.8, 4) is 5.75 Å². The van der Waals surface area contributed by atoms with E-state index in [0.717, 1.165) is 22.7 Å². The van der Waals surface area contributed by atoms with Gasteiger partial charge in [0.15, 0.2) is 0 Å². The largest absolute Gasteiger partial charge is 0.497 e. The van der Waals surface area contributed by atoms with Crippen molar-refractivity contribution in [1.29, 1.82) is 0 Å². The number of methoxy groups -OCH3 is 1. The van der Waals surface area contributed by atoms with Crippen molar-refractivity contribution in [2.45, 2.75) is 26.1 Å². The predicted octanol–water partition coefficient (Wildman–Crippen LogP) is 4.46. The van der Waals surface area contributed by atoms with Crippen molar-refractivity contribution in [2.75, 3.05) is 23.1 Å². The molecule has 0 bridgehead atoms. The third-order valence-electron chi connectivity index (χ3n) is 4.33. The summed E-state index contributed by atoms with van der Waals surface area (Å²) in [7, 11) is 1.61. The molecule has 0 saturated carbocycles. The third-order valence-corrected chi connectivity index (χ3v) is 5.55. The fraction of sp³-hybridized carbons (Fsp3) is 0.333. The number of carbonyl (C=O) groups is 2. The molecule has 1 atom stereocenters. The number of amides is 2. The molecule has 6 heteroatoms. The normalized spacial score (nSPS) is 17.1. The van der Waals surface area contributed by atoms with Gasteiger partial charge >= 0.3 is 0 Å². The molecule has 3 rings (SSSR count). The lowest BCUT2D eigenvalue weighted by Crippen LogP contribution is -2.28. The van der Waals surface area contributed by atoms with Crippen molar-refractivity contribution < 1.29 is 14.3 Å². The van der Waals surface area contributed by atoms with Crippen LogP contribution in [-0.2, 0) is 9.59 Å². The number of rotatable bonds is 4. The maximum Gasteiger partial charge on any atom is 0.238 e. The first-order valence-corrected chi connectivity index (χ1v) is 9.83. The van der Waals surface area contributed by atoms with Crippen LogP contribution in [0.1, 0.15) is 31.7 Å². The smallest absolute Gasteiger partial charge is 0.238 e. The lowest BCUT2D eigenvalue weighted by Gasteiger charge is -2.25. The number of ether oxygens (including phenoxy) is 1. The lowest BCUT2D eigenvalue weighted by atomic mass is 9.95. The minimum atomic E-state index is -0.449. The SMILES string of the molecule is COc1cccc(N2C(=O)CS[C@@H]2c2ccc(NC(=O)C(C)(C)C)cc2)c1. The molecule has 0 unspecified atom stereocenters. The Hall–Kier alpha value is -2.47. The average molecular weight is 385 g/mol. The van der Waals surface area contributed by atoms with Gasteiger partial charge in [-0.05, 0) is 29.8 Å². The first kappa shape index (κ1) is 19.3. The van der Waals surface area contributed by atoms with E-state index in [0.29, 0.717) is 5.75 Å². The van der Waals surface area contributed by atoms with Gasteiger partial charge in [-0.3, -0.25) is 14.5 Å². The van der Waals surface area contributed by atoms with Crippen LogP contribution in [-0.4, -0.2) is 24.7 Å². The second kappa shape index (κ2) is 7.64. The first-order valence-electron chi connectivity index (χ1n) is 8.79. The number of hydrogen-bond donors (Lipinski definition) is 1. The first-order chi connectivity index (χ1) is 12.8. The maximum atomic E-state index is 12.5. The van der Waals surface area contributed by atoms with Gasteiger partial charge in [0.2, 0.25) is 11.8 Å². The predicted molar refractivity (Wildman–Crippen MR) is 110 cm³/mol. The molecule has 2 aromatic carbocycles. The lowest BCUT2D eigenvalue weighted by molar-refractivity contribution is -0.123. The zero-order chi connectivity index (χ0) is 19.6. The van der Waals surface area contributed by atoms with E-state index in [4.69, 9.17) is 4.74 Å². The van der Waals surface area contributed by atoms with Gasteiger partial charge in [-0.15, -0.1) is 11.8 Å². The Labute approximate surface area is 164 Å². The number of nitrogens with zero attached hydrogens (tertiary/aromatic N) is 1. The number of carbonyl (C=O) groups excluding carboxylic acids is 2. The summed E-state index contributed by atoms with van der Waals surface area (Å²) in [5.74, 6) is 1.20. The van der Waals surface area contributed by atoms with Crippen LogP contribution in [0.3, 0.4) is 0 Å². The van der Waals surface area contributed by atoms with E-state index in [9.17, 15) is 9.59 Å². The Morgan fingerprint density at radius 1 is 1.19 bits per heavy atom. The fourth-order valence-electron chi connectivity index (χ4n) is 2.76. The van der Waals surface area contributed by atoms with Crippen LogP contribution >= 0.6 is 11.8 Å². The summed E-state index contributed by atoms with van der Waals surface area (Å²) in [6, 6.07) is 15.2. The van der Waals surface area contributed by atoms with Crippen LogP contribution in [0.4, 0.5) is 11.4 Å². The van der Waals surface area contributed by atoms with Crippen LogP contribution in [0.2, 0.25) is 0 Å². The molecule has 1 N–H and O–H groups in total. The summed E-state index contributed by atoms with van der Waals surface area (Å²) < 4.78 is 5.29. The molecule has 5 nitrogen and oxygen atoms in total. The zero-order valence-corrected chi connectivity index (χ0v) is 16.8. The van der Waals surface area contributed by atoms with E-state index < -0.39 is 5.41 Å². The minimum Gasteiger partial charge on any atom is -0.497 e. The second-order valence-corrected chi connectivity index (χ2v) is 8.52. The van der Waals surface area contributed by atoms with Gasteiger partial charge in [0.1, 0.15) is 11.1 Å². The van der Waals surface area contributed by atoms with Crippen molar-refractivity contribution in [1.82, 2.24) is 0 Å². The van der Waals surface area contributed by atoms with Gasteiger partial charge in [-0.1, -0.05) is 39.0 Å². The number of nitrogens with one attached hydrogen (secondary N) is 1. The van der Waals surface area contributed by atoms with Gasteiger partial charge in [0.25, 0.3) is 0 Å². The molecule has 27 heavy (non-hydrogen) atoms. The number of thioether (sulfide) groups is 1. The molecular weight excluding hydrogens is 360 g/mol. The number of anilines is 2. The third kappa shape index (κ3) is 4.27. The van der Waals surface area contributed by atoms with Gasteiger partial charge in [0.05, 0.1) is 12.9 Å². The standard InChI is InChI=1S/C21H24N2O3S/c1-21(2,3)20(25)22-15-10-8-14(9-11-15)19-23(18(24)13-27-19)16-6-5-7-17(12-16)26-4/h5-12,19H,13H2,1-4H3,(H,22,25)/t19-/m1/s1. The molecule has 2 aromatic rings. The van der Waals surface area contributed by atoms with E-state index in [1.165, 1.54) is 0 Å². The molecule has 0 aliphatic carbocycles. The number of benzene rings is 2. The van der Waals surface area contributed by atoms with Crippen molar-refractivity contribution in [2.24, 2.45) is 5.41 Å². The zero-order valence-electron chi connectivity index (χ0n) is 16.0. The highest BCUT2D eigenvalue weighted by atomic mass is 32.2. The summed E-state index contributed by atoms with van der Waals surface area (Å²) in [5, 5.41) is 2.82. The quantitative estimate of drug-likeness (QED) is 0.846. The topological polar surface area (TPSA) is 58.6 Å². The molecule has 1 fully saturated rings. The molecule has 142 valence electrons. The van der Waals surface area contributed by atoms with Crippen LogP contribution in [0.25, 0.3) is 0 Å². The molecule has 1 saturated heterocycles. The Balaban J connectivity index is 1.82. The van der Waals surface area contributed by atoms with Gasteiger partial charge in [0, 0.05) is 22.9 Å². The summed E-state index contributed by atoms with van der Waals surface area (Å²) >= 11 is 1.59. The molecule has 0 spiro atoms. The van der Waals surface area contributed by atoms with Crippen molar-refractivity contribution in [3.63, 3.8) is 0 Å². The van der Waals surface area contributed by atoms with E-state index in [1.807, 2.05) is 69.3 Å². The van der Waals surface area contributed by atoms with Crippen LogP contribution in [0, 0.1) is 5.41 Å². The monoisotopic (exact) mass is 384 g/mol. The van der Waals surface area contributed by atoms with E-state index in [2.05, 4.69) is 5.32 Å². The highest BCUT2D eigenvalue weighted by molar-refractivity contribution is 8.00. The van der Waals surface area contributed by atoms with E-state index in [1.54, 1.807) is 23.8 Å². The summed E-state index contributed by atoms with van der Waals surface area (Å²) in [4.78, 5) is 26.4. The fourth-order valence-corrected chi connectivity index (χ4v) is 3.94. The van der Waals surface area contributed by atoms with Crippen molar-refractivity contribution >= 4 is 35.0 Å². The van der Waals surface area contributed by atoms with Crippen molar-refractivity contribution in [3.05, 3.63) is 54.1 Å². The highest BCUT2D eigenvalue weighted by Crippen LogP contribution is 2.42. The van der Waals surface area contributed by atoms with E-state index in [-0.39, 0.29) is 17.2 Å². The summed E-state index contributed by atoms with van der Waals surface area (Å²) in [5.41, 5.74) is 2.14.